The Morgan fingerprint density at radius 3 is 2.29 bits per heavy atom. The number of Topliss-reactive ketones (excluding diaryl/α,β-unsaturated/α-hetero) is 2. The van der Waals surface area contributed by atoms with E-state index >= 15 is 0 Å². The van der Waals surface area contributed by atoms with E-state index in [4.69, 9.17) is 17.3 Å². The number of aromatic hydroxyl groups is 1. The Balaban J connectivity index is 0.00000324. The van der Waals surface area contributed by atoms with Gasteiger partial charge in [-0.1, -0.05) is 11.6 Å². The summed E-state index contributed by atoms with van der Waals surface area (Å²) in [4.78, 5) is 39.2. The molecule has 3 aliphatic carbocycles. The Labute approximate surface area is 205 Å². The van der Waals surface area contributed by atoms with Gasteiger partial charge in [-0.2, -0.15) is 0 Å². The van der Waals surface area contributed by atoms with Gasteiger partial charge in [0.25, 0.3) is 5.91 Å². The fraction of sp³-hybridized carbons (Fsp3) is 0.409. The van der Waals surface area contributed by atoms with Crippen LogP contribution in [0.15, 0.2) is 29.0 Å². The molecule has 0 heterocycles. The lowest BCUT2D eigenvalue weighted by Crippen LogP contribution is -3.13. The third-order valence-corrected chi connectivity index (χ3v) is 7.49. The Morgan fingerprint density at radius 1 is 1.18 bits per heavy atom. The van der Waals surface area contributed by atoms with E-state index in [1.54, 1.807) is 14.1 Å². The number of ketones is 2. The van der Waals surface area contributed by atoms with Crippen molar-refractivity contribution in [3.8, 4) is 5.75 Å². The number of hydrogen-bond acceptors (Lipinski definition) is 8. The van der Waals surface area contributed by atoms with Gasteiger partial charge in [-0.3, -0.25) is 14.4 Å². The molecule has 1 fully saturated rings. The number of fused-ring (bicyclic) bond motifs is 3. The third kappa shape index (κ3) is 3.03. The van der Waals surface area contributed by atoms with E-state index in [0.717, 1.165) is 0 Å². The average molecular weight is 515 g/mol. The maximum Gasteiger partial charge on any atom is 0.256 e. The van der Waals surface area contributed by atoms with Gasteiger partial charge in [-0.05, 0) is 25.5 Å². The van der Waals surface area contributed by atoms with E-state index in [1.807, 2.05) is 0 Å². The fourth-order valence-electron chi connectivity index (χ4n) is 5.68. The summed E-state index contributed by atoms with van der Waals surface area (Å²) in [6, 6.07) is 1.33. The van der Waals surface area contributed by atoms with Crippen molar-refractivity contribution < 1.29 is 57.2 Å². The normalized spacial score (nSPS) is 32.7. The molecule has 0 aromatic heterocycles. The van der Waals surface area contributed by atoms with Crippen molar-refractivity contribution in [2.75, 3.05) is 14.1 Å². The third-order valence-electron chi connectivity index (χ3n) is 7.17. The summed E-state index contributed by atoms with van der Waals surface area (Å²) in [5.74, 6) is -8.16. The van der Waals surface area contributed by atoms with Crippen LogP contribution >= 0.6 is 11.6 Å². The average Bonchev–Trinajstić information content (AvgIpc) is 2.69. The highest BCUT2D eigenvalue weighted by molar-refractivity contribution is 6.32. The molecule has 4 rings (SSSR count). The molecule has 5 atom stereocenters. The number of benzene rings is 1. The Hall–Kier alpha value is -2.63. The number of phenolic OH excluding ortho intramolecular Hbond substituents is 1. The highest BCUT2D eigenvalue weighted by Crippen LogP contribution is 2.57. The number of likely N-dealkylation sites (N-methyl/N-ethyl adjacent to an activating group) is 1. The lowest BCUT2D eigenvalue weighted by atomic mass is 9.54. The molecule has 1 aromatic rings. The first-order valence-electron chi connectivity index (χ1n) is 10.2. The highest BCUT2D eigenvalue weighted by atomic mass is 35.5. The van der Waals surface area contributed by atoms with Crippen LogP contribution in [0.5, 0.6) is 5.75 Å². The lowest BCUT2D eigenvalue weighted by molar-refractivity contribution is -0.880. The van der Waals surface area contributed by atoms with Crippen molar-refractivity contribution >= 4 is 34.8 Å². The topological polar surface area (TPSA) is 183 Å². The summed E-state index contributed by atoms with van der Waals surface area (Å²) in [5.41, 5.74) is -1.02. The van der Waals surface area contributed by atoms with Crippen LogP contribution in [0.4, 0.5) is 0 Å². The predicted molar refractivity (Wildman–Crippen MR) is 114 cm³/mol. The molecule has 1 saturated carbocycles. The van der Waals surface area contributed by atoms with Crippen LogP contribution in [0.25, 0.3) is 5.76 Å². The van der Waals surface area contributed by atoms with Gasteiger partial charge in [0, 0.05) is 22.1 Å². The van der Waals surface area contributed by atoms with Crippen molar-refractivity contribution in [2.45, 2.75) is 30.6 Å². The van der Waals surface area contributed by atoms with Gasteiger partial charge in [0.2, 0.25) is 11.6 Å². The number of nitrogens with one attached hydrogen (secondary N) is 1. The zero-order chi connectivity index (χ0) is 24.8. The second-order valence-electron chi connectivity index (χ2n) is 9.22. The zero-order valence-electron chi connectivity index (χ0n) is 18.4. The minimum Gasteiger partial charge on any atom is -1.00 e. The van der Waals surface area contributed by atoms with Crippen LogP contribution < -0.4 is 23.0 Å². The summed E-state index contributed by atoms with van der Waals surface area (Å²) < 4.78 is 0. The lowest BCUT2D eigenvalue weighted by Gasteiger charge is -2.52. The molecule has 34 heavy (non-hydrogen) atoms. The van der Waals surface area contributed by atoms with Crippen molar-refractivity contribution in [2.24, 2.45) is 17.6 Å². The first-order chi connectivity index (χ1) is 15.2. The van der Waals surface area contributed by atoms with E-state index in [0.29, 0.717) is 4.90 Å². The second-order valence-corrected chi connectivity index (χ2v) is 9.63. The largest absolute Gasteiger partial charge is 1.00 e. The molecule has 0 spiro atoms. The number of carbonyl (C=O) groups excluding carboxylic acids is 3. The van der Waals surface area contributed by atoms with Gasteiger partial charge in [0.15, 0.2) is 11.6 Å². The number of aliphatic hydroxyl groups excluding tert-OH is 2. The number of hydrogen-bond donors (Lipinski definition) is 7. The number of amides is 1. The van der Waals surface area contributed by atoms with Crippen LogP contribution in [-0.2, 0) is 20.0 Å². The van der Waals surface area contributed by atoms with E-state index in [1.165, 1.54) is 19.1 Å². The molecule has 10 nitrogen and oxygen atoms in total. The molecule has 8 N–H and O–H groups in total. The summed E-state index contributed by atoms with van der Waals surface area (Å²) in [7, 11) is 3.14. The monoisotopic (exact) mass is 514 g/mol. The smallest absolute Gasteiger partial charge is 0.256 e. The maximum atomic E-state index is 13.7. The van der Waals surface area contributed by atoms with Crippen LogP contribution in [-0.4, -0.2) is 68.7 Å². The van der Waals surface area contributed by atoms with Crippen LogP contribution in [0, 0.1) is 11.8 Å². The highest BCUT2D eigenvalue weighted by Gasteiger charge is 2.68. The first kappa shape index (κ1) is 26.0. The molecule has 0 bridgehead atoms. The molecule has 5 unspecified atom stereocenters. The number of rotatable bonds is 2. The minimum atomic E-state index is -2.76. The van der Waals surface area contributed by atoms with Gasteiger partial charge in [-0.25, -0.2) is 0 Å². The summed E-state index contributed by atoms with van der Waals surface area (Å²) >= 11 is 6.28. The number of nitrogens with two attached hydrogens (primary N) is 1. The molecule has 0 aliphatic heterocycles. The number of phenols is 1. The van der Waals surface area contributed by atoms with E-state index < -0.39 is 75.0 Å². The van der Waals surface area contributed by atoms with Gasteiger partial charge < -0.3 is 48.6 Å². The number of quaternary nitrogens is 1. The SMILES string of the molecule is C[NH+](C)C1C(=O)C(C(N)=O)=C(O)C2(O)C(=O)C3=C(O)c4c(O)ccc(Cl)c4C(C)(O)C3CC12.[Cl-]. The van der Waals surface area contributed by atoms with Crippen molar-refractivity contribution in [3.63, 3.8) is 0 Å². The Morgan fingerprint density at radius 2 is 1.76 bits per heavy atom. The van der Waals surface area contributed by atoms with Crippen LogP contribution in [0.1, 0.15) is 24.5 Å². The first-order valence-corrected chi connectivity index (χ1v) is 10.6. The van der Waals surface area contributed by atoms with Gasteiger partial charge in [0.05, 0.1) is 31.2 Å². The second kappa shape index (κ2) is 7.96. The number of carbonyl (C=O) groups is 3. The molecule has 184 valence electrons. The molecule has 1 aromatic carbocycles. The molecule has 0 radical (unpaired) electrons. The standard InChI is InChI=1S/C22H23ClN2O8.ClH/c1-21(32)7-6-8-15(25(2)3)17(28)13(20(24)31)19(30)22(8,33)18(29)11(7)16(27)12-10(26)5-4-9(23)14(12)21;/h4-5,7-8,15,26-27,30,32-33H,6H2,1-3H3,(H2,24,31);1H. The molecular weight excluding hydrogens is 491 g/mol. The molecule has 3 aliphatic rings. The van der Waals surface area contributed by atoms with Gasteiger partial charge in [0.1, 0.15) is 22.8 Å². The Kier molecular flexibility index (Phi) is 6.08. The summed E-state index contributed by atoms with van der Waals surface area (Å²) in [6.07, 6.45) is -0.238. The van der Waals surface area contributed by atoms with Crippen LogP contribution in [0.3, 0.4) is 0 Å². The van der Waals surface area contributed by atoms with Crippen molar-refractivity contribution in [1.82, 2.24) is 0 Å². The van der Waals surface area contributed by atoms with Crippen molar-refractivity contribution in [1.29, 1.82) is 0 Å². The fourth-order valence-corrected chi connectivity index (χ4v) is 6.02. The van der Waals surface area contributed by atoms with E-state index in [2.05, 4.69) is 0 Å². The molecule has 12 heteroatoms. The number of aliphatic hydroxyl groups is 4. The minimum absolute atomic E-state index is 0. The number of halogens is 2. The van der Waals surface area contributed by atoms with E-state index in [9.17, 15) is 39.9 Å². The molecular formula is C22H24Cl2N2O8. The molecule has 1 amide bonds. The predicted octanol–water partition coefficient (Wildman–Crippen LogP) is -4.13. The zero-order valence-corrected chi connectivity index (χ0v) is 19.9. The molecule has 0 saturated heterocycles. The summed E-state index contributed by atoms with van der Waals surface area (Å²) in [6.45, 7) is 1.35. The van der Waals surface area contributed by atoms with Gasteiger partial charge in [-0.15, -0.1) is 0 Å². The van der Waals surface area contributed by atoms with E-state index in [-0.39, 0.29) is 35.0 Å². The van der Waals surface area contributed by atoms with Crippen LogP contribution in [0.2, 0.25) is 5.02 Å². The number of primary amides is 1. The summed E-state index contributed by atoms with van der Waals surface area (Å²) in [5, 5.41) is 55.2. The Bertz CT molecular complexity index is 1210. The van der Waals surface area contributed by atoms with Gasteiger partial charge >= 0.3 is 0 Å². The van der Waals surface area contributed by atoms with Crippen molar-refractivity contribution in [3.05, 3.63) is 45.2 Å². The maximum absolute atomic E-state index is 13.7. The quantitative estimate of drug-likeness (QED) is 0.194.